The molecule has 1 aromatic heterocycles. The van der Waals surface area contributed by atoms with Gasteiger partial charge in [0.2, 0.25) is 0 Å². The maximum atomic E-state index is 13.2. The Labute approximate surface area is 187 Å². The van der Waals surface area contributed by atoms with Crippen LogP contribution in [0.1, 0.15) is 21.5 Å². The Hall–Kier alpha value is -4.71. The van der Waals surface area contributed by atoms with Gasteiger partial charge >= 0.3 is 0 Å². The quantitative estimate of drug-likeness (QED) is 0.225. The van der Waals surface area contributed by atoms with Gasteiger partial charge in [0.05, 0.1) is 25.6 Å². The Kier molecular flexibility index (Phi) is 4.57. The molecule has 0 saturated carbocycles. The highest BCUT2D eigenvalue weighted by Gasteiger charge is 2.34. The van der Waals surface area contributed by atoms with E-state index in [4.69, 9.17) is 0 Å². The van der Waals surface area contributed by atoms with E-state index in [1.54, 1.807) is 6.07 Å². The van der Waals surface area contributed by atoms with Crippen LogP contribution in [0.15, 0.2) is 59.8 Å². The summed E-state index contributed by atoms with van der Waals surface area (Å²) >= 11 is 1.24. The van der Waals surface area contributed by atoms with Crippen LogP contribution in [0.5, 0.6) is 0 Å². The summed E-state index contributed by atoms with van der Waals surface area (Å²) < 4.78 is 0.851. The third kappa shape index (κ3) is 3.25. The summed E-state index contributed by atoms with van der Waals surface area (Å²) in [6.45, 7) is 0. The Morgan fingerprint density at radius 3 is 2.39 bits per heavy atom. The standard InChI is InChI=1S/C21H11N5O6S/c27-20(23-21-22-16-3-1-2-4-17(16)33-21)15-9-11(26(31)32)8-14-18(15)12-6-5-10(25(29)30)7-13(12)19(14)24-28/h1-9,28H,(H,22,23,27). The van der Waals surface area contributed by atoms with Crippen LogP contribution in [0.3, 0.4) is 0 Å². The molecule has 0 bridgehead atoms. The highest BCUT2D eigenvalue weighted by Crippen LogP contribution is 2.43. The van der Waals surface area contributed by atoms with E-state index in [9.17, 15) is 30.2 Å². The molecule has 0 aliphatic heterocycles. The molecule has 0 fully saturated rings. The number of rotatable bonds is 4. The molecule has 33 heavy (non-hydrogen) atoms. The molecule has 11 nitrogen and oxygen atoms in total. The fourth-order valence-electron chi connectivity index (χ4n) is 3.79. The Morgan fingerprint density at radius 2 is 1.70 bits per heavy atom. The molecular formula is C21H11N5O6S. The first kappa shape index (κ1) is 20.2. The lowest BCUT2D eigenvalue weighted by atomic mass is 9.97. The maximum absolute atomic E-state index is 13.2. The van der Waals surface area contributed by atoms with Gasteiger partial charge in [0.25, 0.3) is 17.3 Å². The minimum absolute atomic E-state index is 0.0489. The van der Waals surface area contributed by atoms with E-state index in [0.29, 0.717) is 16.2 Å². The molecule has 2 N–H and O–H groups in total. The lowest BCUT2D eigenvalue weighted by molar-refractivity contribution is -0.385. The number of carbonyl (C=O) groups is 1. The number of nitrogens with one attached hydrogen (secondary N) is 1. The smallest absolute Gasteiger partial charge is 0.270 e. The van der Waals surface area contributed by atoms with Gasteiger partial charge in [-0.2, -0.15) is 0 Å². The van der Waals surface area contributed by atoms with Crippen LogP contribution in [-0.2, 0) is 0 Å². The second-order valence-corrected chi connectivity index (χ2v) is 8.08. The largest absolute Gasteiger partial charge is 0.410 e. The summed E-state index contributed by atoms with van der Waals surface area (Å²) in [4.78, 5) is 39.0. The zero-order chi connectivity index (χ0) is 23.3. The van der Waals surface area contributed by atoms with Gasteiger partial charge in [0, 0.05) is 41.0 Å². The highest BCUT2D eigenvalue weighted by molar-refractivity contribution is 7.22. The number of nitrogens with zero attached hydrogens (tertiary/aromatic N) is 4. The Morgan fingerprint density at radius 1 is 0.970 bits per heavy atom. The maximum Gasteiger partial charge on any atom is 0.270 e. The van der Waals surface area contributed by atoms with Gasteiger partial charge < -0.3 is 5.21 Å². The minimum Gasteiger partial charge on any atom is -0.410 e. The van der Waals surface area contributed by atoms with Gasteiger partial charge in [-0.15, -0.1) is 0 Å². The number of amides is 1. The van der Waals surface area contributed by atoms with Gasteiger partial charge in [0.15, 0.2) is 5.13 Å². The number of fused-ring (bicyclic) bond motifs is 4. The van der Waals surface area contributed by atoms with Crippen LogP contribution in [-0.4, -0.2) is 31.7 Å². The van der Waals surface area contributed by atoms with Crippen molar-refractivity contribution in [2.24, 2.45) is 5.16 Å². The lowest BCUT2D eigenvalue weighted by Crippen LogP contribution is -2.14. The molecule has 0 saturated heterocycles. The van der Waals surface area contributed by atoms with Crippen molar-refractivity contribution in [3.63, 3.8) is 0 Å². The van der Waals surface area contributed by atoms with E-state index in [0.717, 1.165) is 10.8 Å². The van der Waals surface area contributed by atoms with E-state index in [1.807, 2.05) is 18.2 Å². The van der Waals surface area contributed by atoms with E-state index in [-0.39, 0.29) is 33.7 Å². The van der Waals surface area contributed by atoms with Crippen LogP contribution in [0.2, 0.25) is 0 Å². The summed E-state index contributed by atoms with van der Waals surface area (Å²) in [5.41, 5.74) is 0.866. The zero-order valence-electron chi connectivity index (χ0n) is 16.4. The molecule has 0 atom stereocenters. The number of aromatic nitrogens is 1. The van der Waals surface area contributed by atoms with Crippen molar-refractivity contribution in [1.29, 1.82) is 0 Å². The number of non-ortho nitro benzene ring substituents is 2. The predicted octanol–water partition coefficient (Wildman–Crippen LogP) is 4.57. The number of para-hydroxylation sites is 1. The van der Waals surface area contributed by atoms with Crippen LogP contribution >= 0.6 is 11.3 Å². The number of hydrogen-bond acceptors (Lipinski definition) is 9. The number of carbonyl (C=O) groups excluding carboxylic acids is 1. The van der Waals surface area contributed by atoms with Crippen LogP contribution in [0.25, 0.3) is 21.3 Å². The number of benzene rings is 3. The van der Waals surface area contributed by atoms with E-state index < -0.39 is 21.4 Å². The molecule has 4 aromatic rings. The predicted molar refractivity (Wildman–Crippen MR) is 120 cm³/mol. The van der Waals surface area contributed by atoms with Gasteiger partial charge in [-0.05, 0) is 23.8 Å². The van der Waals surface area contributed by atoms with Crippen molar-refractivity contribution in [2.75, 3.05) is 5.32 Å². The molecular weight excluding hydrogens is 450 g/mol. The van der Waals surface area contributed by atoms with Crippen LogP contribution < -0.4 is 5.32 Å². The topological polar surface area (TPSA) is 161 Å². The molecule has 3 aromatic carbocycles. The minimum atomic E-state index is -0.671. The third-order valence-electron chi connectivity index (χ3n) is 5.19. The summed E-state index contributed by atoms with van der Waals surface area (Å²) in [7, 11) is 0. The van der Waals surface area contributed by atoms with Crippen molar-refractivity contribution in [3.05, 3.63) is 91.5 Å². The molecule has 12 heteroatoms. The molecule has 1 aliphatic rings. The molecule has 162 valence electrons. The number of nitro benzene ring substituents is 2. The van der Waals surface area contributed by atoms with E-state index in [1.165, 1.54) is 35.6 Å². The monoisotopic (exact) mass is 461 g/mol. The molecule has 1 heterocycles. The Bertz CT molecular complexity index is 1510. The SMILES string of the molecule is O=C(Nc1nc2ccccc2s1)c1cc([N+](=O)[O-])cc2c1-c1ccc([N+](=O)[O-])cc1C2=NO. The first-order valence-corrected chi connectivity index (χ1v) is 10.2. The van der Waals surface area contributed by atoms with E-state index in [2.05, 4.69) is 15.5 Å². The van der Waals surface area contributed by atoms with Crippen LogP contribution in [0.4, 0.5) is 16.5 Å². The van der Waals surface area contributed by atoms with Gasteiger partial charge in [-0.3, -0.25) is 30.3 Å². The fourth-order valence-corrected chi connectivity index (χ4v) is 4.65. The summed E-state index contributed by atoms with van der Waals surface area (Å²) in [6.07, 6.45) is 0. The molecule has 5 rings (SSSR count). The fraction of sp³-hybridized carbons (Fsp3) is 0. The second-order valence-electron chi connectivity index (χ2n) is 7.05. The average molecular weight is 461 g/mol. The normalized spacial score (nSPS) is 13.0. The van der Waals surface area contributed by atoms with Gasteiger partial charge in [-0.1, -0.05) is 28.6 Å². The number of hydrogen-bond donors (Lipinski definition) is 2. The number of oxime groups is 1. The number of thiazole rings is 1. The molecule has 0 radical (unpaired) electrons. The first-order valence-electron chi connectivity index (χ1n) is 9.38. The Balaban J connectivity index is 1.67. The summed E-state index contributed by atoms with van der Waals surface area (Å²) in [6, 6.07) is 13.5. The number of nitro groups is 2. The molecule has 0 spiro atoms. The van der Waals surface area contributed by atoms with Crippen molar-refractivity contribution >= 4 is 49.7 Å². The van der Waals surface area contributed by atoms with Crippen molar-refractivity contribution in [3.8, 4) is 11.1 Å². The number of anilines is 1. The first-order chi connectivity index (χ1) is 15.9. The lowest BCUT2D eigenvalue weighted by Gasteiger charge is -2.09. The molecule has 1 amide bonds. The van der Waals surface area contributed by atoms with Gasteiger partial charge in [-0.25, -0.2) is 4.98 Å². The summed E-state index contributed by atoms with van der Waals surface area (Å²) in [5, 5.41) is 38.5. The van der Waals surface area contributed by atoms with E-state index >= 15 is 0 Å². The van der Waals surface area contributed by atoms with Crippen molar-refractivity contribution in [2.45, 2.75) is 0 Å². The van der Waals surface area contributed by atoms with Gasteiger partial charge in [0.1, 0.15) is 5.71 Å². The molecule has 0 unspecified atom stereocenters. The molecule has 1 aliphatic carbocycles. The average Bonchev–Trinajstić information content (AvgIpc) is 3.35. The van der Waals surface area contributed by atoms with Crippen LogP contribution in [0, 0.1) is 20.2 Å². The second kappa shape index (κ2) is 7.46. The zero-order valence-corrected chi connectivity index (χ0v) is 17.2. The van der Waals surface area contributed by atoms with Crippen molar-refractivity contribution < 1.29 is 19.8 Å². The van der Waals surface area contributed by atoms with Crippen molar-refractivity contribution in [1.82, 2.24) is 4.98 Å². The summed E-state index contributed by atoms with van der Waals surface area (Å²) in [5.74, 6) is -0.655. The third-order valence-corrected chi connectivity index (χ3v) is 6.14. The highest BCUT2D eigenvalue weighted by atomic mass is 32.1.